The molecule has 0 unspecified atom stereocenters. The van der Waals surface area contributed by atoms with Crippen molar-refractivity contribution in [3.63, 3.8) is 0 Å². The van der Waals surface area contributed by atoms with E-state index in [1.54, 1.807) is 35.4 Å². The van der Waals surface area contributed by atoms with Crippen LogP contribution in [0.3, 0.4) is 0 Å². The lowest BCUT2D eigenvalue weighted by molar-refractivity contribution is 0.0996. The highest BCUT2D eigenvalue weighted by atomic mass is 16.3. The van der Waals surface area contributed by atoms with Crippen molar-refractivity contribution < 1.29 is 14.0 Å². The molecule has 130 valence electrons. The van der Waals surface area contributed by atoms with Crippen LogP contribution in [0.1, 0.15) is 36.2 Å². The average molecular weight is 340 g/mol. The molecule has 0 radical (unpaired) electrons. The van der Waals surface area contributed by atoms with Crippen molar-refractivity contribution in [3.05, 3.63) is 42.5 Å². The van der Waals surface area contributed by atoms with Gasteiger partial charge < -0.3 is 14.6 Å². The zero-order valence-corrected chi connectivity index (χ0v) is 13.9. The molecule has 2 aromatic heterocycles. The topological polar surface area (TPSA) is 78.7 Å². The number of rotatable bonds is 4. The summed E-state index contributed by atoms with van der Waals surface area (Å²) in [5, 5.41) is 2.72. The molecule has 1 aliphatic heterocycles. The zero-order valence-electron chi connectivity index (χ0n) is 13.9. The SMILES string of the molecule is O=C(Nc1ccc(N2CCN(C3CCCC3)C2=O)nc1)c1ccco1. The number of aromatic nitrogens is 1. The number of anilines is 2. The fraction of sp³-hybridized carbons (Fsp3) is 0.389. The summed E-state index contributed by atoms with van der Waals surface area (Å²) in [4.78, 5) is 32.6. The molecule has 0 aromatic carbocycles. The third-order valence-electron chi connectivity index (χ3n) is 4.83. The monoisotopic (exact) mass is 340 g/mol. The number of hydrogen-bond acceptors (Lipinski definition) is 4. The van der Waals surface area contributed by atoms with Crippen LogP contribution in [-0.2, 0) is 0 Å². The Hall–Kier alpha value is -2.83. The first kappa shape index (κ1) is 15.7. The van der Waals surface area contributed by atoms with Crippen LogP contribution in [0.2, 0.25) is 0 Å². The molecule has 2 fully saturated rings. The standard InChI is InChI=1S/C18H20N4O3/c23-17(15-6-3-11-25-15)20-13-7-8-16(19-12-13)22-10-9-21(18(22)24)14-4-1-2-5-14/h3,6-8,11-12,14H,1-2,4-5,9-10H2,(H,20,23). The van der Waals surface area contributed by atoms with E-state index in [4.69, 9.17) is 4.42 Å². The summed E-state index contributed by atoms with van der Waals surface area (Å²) in [5.74, 6) is 0.525. The first-order valence-corrected chi connectivity index (χ1v) is 8.61. The number of hydrogen-bond donors (Lipinski definition) is 1. The minimum Gasteiger partial charge on any atom is -0.459 e. The van der Waals surface area contributed by atoms with Crippen molar-refractivity contribution in [1.82, 2.24) is 9.88 Å². The van der Waals surface area contributed by atoms with Gasteiger partial charge in [0.1, 0.15) is 5.82 Å². The predicted octanol–water partition coefficient (Wildman–Crippen LogP) is 3.11. The van der Waals surface area contributed by atoms with E-state index >= 15 is 0 Å². The van der Waals surface area contributed by atoms with E-state index < -0.39 is 0 Å². The fourth-order valence-corrected chi connectivity index (χ4v) is 3.54. The van der Waals surface area contributed by atoms with Gasteiger partial charge in [0.2, 0.25) is 0 Å². The summed E-state index contributed by atoms with van der Waals surface area (Å²) in [6.07, 6.45) is 7.62. The molecule has 1 saturated carbocycles. The summed E-state index contributed by atoms with van der Waals surface area (Å²) in [6.45, 7) is 1.41. The molecule has 25 heavy (non-hydrogen) atoms. The summed E-state index contributed by atoms with van der Waals surface area (Å²) in [7, 11) is 0. The maximum absolute atomic E-state index is 12.6. The van der Waals surface area contributed by atoms with Gasteiger partial charge in [-0.3, -0.25) is 9.69 Å². The number of amides is 3. The summed E-state index contributed by atoms with van der Waals surface area (Å²) < 4.78 is 5.06. The first-order valence-electron chi connectivity index (χ1n) is 8.61. The zero-order chi connectivity index (χ0) is 17.2. The van der Waals surface area contributed by atoms with Crippen LogP contribution in [0.5, 0.6) is 0 Å². The van der Waals surface area contributed by atoms with Crippen LogP contribution < -0.4 is 10.2 Å². The molecule has 4 rings (SSSR count). The van der Waals surface area contributed by atoms with E-state index in [-0.39, 0.29) is 17.7 Å². The Balaban J connectivity index is 1.42. The Labute approximate surface area is 145 Å². The molecule has 1 aliphatic carbocycles. The number of furan rings is 1. The van der Waals surface area contributed by atoms with Crippen LogP contribution in [-0.4, -0.2) is 41.0 Å². The number of nitrogens with zero attached hydrogens (tertiary/aromatic N) is 3. The third-order valence-corrected chi connectivity index (χ3v) is 4.83. The van der Waals surface area contributed by atoms with Gasteiger partial charge in [-0.2, -0.15) is 0 Å². The molecule has 3 heterocycles. The van der Waals surface area contributed by atoms with E-state index in [9.17, 15) is 9.59 Å². The van der Waals surface area contributed by atoms with Gasteiger partial charge in [0.15, 0.2) is 5.76 Å². The van der Waals surface area contributed by atoms with Gasteiger partial charge >= 0.3 is 6.03 Å². The molecule has 2 aromatic rings. The van der Waals surface area contributed by atoms with Gasteiger partial charge in [-0.1, -0.05) is 12.8 Å². The van der Waals surface area contributed by atoms with Crippen LogP contribution in [0.4, 0.5) is 16.3 Å². The Kier molecular flexibility index (Phi) is 4.13. The molecule has 0 spiro atoms. The highest BCUT2D eigenvalue weighted by molar-refractivity contribution is 6.02. The molecule has 3 amide bonds. The lowest BCUT2D eigenvalue weighted by atomic mass is 10.2. The molecular formula is C18H20N4O3. The molecule has 1 saturated heterocycles. The van der Waals surface area contributed by atoms with Crippen molar-refractivity contribution in [3.8, 4) is 0 Å². The van der Waals surface area contributed by atoms with Crippen LogP contribution in [0.25, 0.3) is 0 Å². The Morgan fingerprint density at radius 1 is 1.20 bits per heavy atom. The van der Waals surface area contributed by atoms with Crippen LogP contribution >= 0.6 is 0 Å². The van der Waals surface area contributed by atoms with Gasteiger partial charge in [0.05, 0.1) is 18.1 Å². The molecule has 7 heteroatoms. The van der Waals surface area contributed by atoms with Gasteiger partial charge in [-0.05, 0) is 37.1 Å². The molecular weight excluding hydrogens is 320 g/mol. The van der Waals surface area contributed by atoms with Crippen molar-refractivity contribution in [2.75, 3.05) is 23.3 Å². The number of urea groups is 1. The Morgan fingerprint density at radius 2 is 2.04 bits per heavy atom. The Bertz CT molecular complexity index is 751. The number of carbonyl (C=O) groups is 2. The fourth-order valence-electron chi connectivity index (χ4n) is 3.54. The maximum Gasteiger partial charge on any atom is 0.326 e. The van der Waals surface area contributed by atoms with E-state index in [0.29, 0.717) is 24.1 Å². The second-order valence-corrected chi connectivity index (χ2v) is 6.40. The largest absolute Gasteiger partial charge is 0.459 e. The number of pyridine rings is 1. The van der Waals surface area contributed by atoms with E-state index in [1.807, 2.05) is 4.90 Å². The van der Waals surface area contributed by atoms with Crippen molar-refractivity contribution in [2.24, 2.45) is 0 Å². The predicted molar refractivity (Wildman–Crippen MR) is 92.6 cm³/mol. The molecule has 7 nitrogen and oxygen atoms in total. The summed E-state index contributed by atoms with van der Waals surface area (Å²) in [5.41, 5.74) is 0.560. The van der Waals surface area contributed by atoms with E-state index in [2.05, 4.69) is 10.3 Å². The summed E-state index contributed by atoms with van der Waals surface area (Å²) in [6, 6.07) is 7.17. The molecule has 0 bridgehead atoms. The number of nitrogens with one attached hydrogen (secondary N) is 1. The average Bonchev–Trinajstić information content (AvgIpc) is 3.37. The van der Waals surface area contributed by atoms with Gasteiger partial charge in [-0.25, -0.2) is 9.78 Å². The molecule has 2 aliphatic rings. The normalized spacial score (nSPS) is 18.2. The second-order valence-electron chi connectivity index (χ2n) is 6.40. The molecule has 1 N–H and O–H groups in total. The van der Waals surface area contributed by atoms with Crippen molar-refractivity contribution >= 4 is 23.4 Å². The van der Waals surface area contributed by atoms with Crippen molar-refractivity contribution in [1.29, 1.82) is 0 Å². The highest BCUT2D eigenvalue weighted by Crippen LogP contribution is 2.28. The van der Waals surface area contributed by atoms with Crippen LogP contribution in [0, 0.1) is 0 Å². The van der Waals surface area contributed by atoms with Crippen molar-refractivity contribution in [2.45, 2.75) is 31.7 Å². The van der Waals surface area contributed by atoms with Gasteiger partial charge in [0, 0.05) is 19.1 Å². The minimum absolute atomic E-state index is 0.0340. The maximum atomic E-state index is 12.6. The number of carbonyl (C=O) groups excluding carboxylic acids is 2. The summed E-state index contributed by atoms with van der Waals surface area (Å²) >= 11 is 0. The van der Waals surface area contributed by atoms with E-state index in [1.165, 1.54) is 19.1 Å². The lowest BCUT2D eigenvalue weighted by Gasteiger charge is -2.23. The van der Waals surface area contributed by atoms with Gasteiger partial charge in [0.25, 0.3) is 5.91 Å². The lowest BCUT2D eigenvalue weighted by Crippen LogP contribution is -2.38. The quantitative estimate of drug-likeness (QED) is 0.927. The first-order chi connectivity index (χ1) is 12.2. The smallest absolute Gasteiger partial charge is 0.326 e. The van der Waals surface area contributed by atoms with Gasteiger partial charge in [-0.15, -0.1) is 0 Å². The minimum atomic E-state index is -0.329. The Morgan fingerprint density at radius 3 is 2.72 bits per heavy atom. The third kappa shape index (κ3) is 3.09. The molecule has 0 atom stereocenters. The highest BCUT2D eigenvalue weighted by Gasteiger charge is 2.36. The van der Waals surface area contributed by atoms with Crippen LogP contribution in [0.15, 0.2) is 41.1 Å². The second kappa shape index (κ2) is 6.58. The van der Waals surface area contributed by atoms with E-state index in [0.717, 1.165) is 19.4 Å².